The van der Waals surface area contributed by atoms with Gasteiger partial charge < -0.3 is 15.4 Å². The normalized spacial score (nSPS) is 10.3. The molecular weight excluding hydrogens is 312 g/mol. The Kier molecular flexibility index (Phi) is 5.88. The number of rotatable bonds is 5. The molecule has 0 aliphatic rings. The van der Waals surface area contributed by atoms with Gasteiger partial charge in [-0.05, 0) is 36.6 Å². The van der Waals surface area contributed by atoms with Crippen molar-refractivity contribution in [1.29, 1.82) is 0 Å². The van der Waals surface area contributed by atoms with Crippen molar-refractivity contribution in [2.45, 2.75) is 26.9 Å². The van der Waals surface area contributed by atoms with Crippen molar-refractivity contribution in [3.05, 3.63) is 58.1 Å². The van der Waals surface area contributed by atoms with Gasteiger partial charge in [0.2, 0.25) is 0 Å². The molecule has 0 aliphatic heterocycles. The summed E-state index contributed by atoms with van der Waals surface area (Å²) in [4.78, 5) is 11.6. The molecule has 2 aromatic carbocycles. The summed E-state index contributed by atoms with van der Waals surface area (Å²) in [5, 5.41) is 5.73. The van der Waals surface area contributed by atoms with Crippen molar-refractivity contribution in [3.8, 4) is 5.75 Å². The zero-order valence-electron chi connectivity index (χ0n) is 13.6. The molecule has 23 heavy (non-hydrogen) atoms. The Hall–Kier alpha value is -2.20. The first kappa shape index (κ1) is 17.2. The largest absolute Gasteiger partial charge is 0.489 e. The Labute approximate surface area is 141 Å². The van der Waals surface area contributed by atoms with Gasteiger partial charge in [0.05, 0.1) is 10.7 Å². The summed E-state index contributed by atoms with van der Waals surface area (Å²) in [5.41, 5.74) is 3.75. The van der Waals surface area contributed by atoms with Gasteiger partial charge in [-0.25, -0.2) is 4.79 Å². The molecule has 2 N–H and O–H groups in total. The number of ether oxygens (including phenoxy) is 1. The Morgan fingerprint density at radius 2 is 2.04 bits per heavy atom. The van der Waals surface area contributed by atoms with Crippen LogP contribution in [0.5, 0.6) is 5.75 Å². The Morgan fingerprint density at radius 3 is 2.70 bits per heavy atom. The molecule has 0 saturated heterocycles. The lowest BCUT2D eigenvalue weighted by Gasteiger charge is -2.15. The number of halogens is 1. The van der Waals surface area contributed by atoms with E-state index in [1.54, 1.807) is 13.1 Å². The summed E-state index contributed by atoms with van der Waals surface area (Å²) in [6, 6.07) is 11.3. The van der Waals surface area contributed by atoms with Crippen LogP contribution in [0.25, 0.3) is 0 Å². The third kappa shape index (κ3) is 4.39. The summed E-state index contributed by atoms with van der Waals surface area (Å²) in [7, 11) is 1.56. The highest BCUT2D eigenvalue weighted by atomic mass is 35.5. The van der Waals surface area contributed by atoms with Crippen molar-refractivity contribution < 1.29 is 9.53 Å². The van der Waals surface area contributed by atoms with Crippen LogP contribution in [0.1, 0.15) is 23.6 Å². The van der Waals surface area contributed by atoms with Crippen LogP contribution in [0, 0.1) is 6.92 Å². The number of carbonyl (C=O) groups excluding carboxylic acids is 1. The van der Waals surface area contributed by atoms with E-state index in [4.69, 9.17) is 16.3 Å². The average molecular weight is 333 g/mol. The number of aryl methyl sites for hydroxylation is 2. The molecule has 2 rings (SSSR count). The highest BCUT2D eigenvalue weighted by Crippen LogP contribution is 2.28. The molecule has 0 radical (unpaired) electrons. The molecule has 0 saturated carbocycles. The molecule has 0 bridgehead atoms. The molecule has 2 aromatic rings. The van der Waals surface area contributed by atoms with Crippen molar-refractivity contribution >= 4 is 23.3 Å². The molecule has 5 heteroatoms. The van der Waals surface area contributed by atoms with E-state index in [1.165, 1.54) is 5.56 Å². The lowest BCUT2D eigenvalue weighted by atomic mass is 10.1. The molecule has 4 nitrogen and oxygen atoms in total. The van der Waals surface area contributed by atoms with Gasteiger partial charge in [0.1, 0.15) is 12.4 Å². The Bertz CT molecular complexity index is 701. The quantitative estimate of drug-likeness (QED) is 0.844. The van der Waals surface area contributed by atoms with E-state index in [9.17, 15) is 4.79 Å². The lowest BCUT2D eigenvalue weighted by Crippen LogP contribution is -2.25. The first-order valence-corrected chi connectivity index (χ1v) is 7.91. The van der Waals surface area contributed by atoms with Crippen molar-refractivity contribution in [2.75, 3.05) is 12.4 Å². The number of para-hydroxylation sites is 1. The number of nitrogens with one attached hydrogen (secondary N) is 2. The van der Waals surface area contributed by atoms with E-state index < -0.39 is 0 Å². The predicted octanol–water partition coefficient (Wildman–Crippen LogP) is 4.54. The van der Waals surface area contributed by atoms with Crippen molar-refractivity contribution in [2.24, 2.45) is 0 Å². The van der Waals surface area contributed by atoms with Gasteiger partial charge in [-0.15, -0.1) is 0 Å². The van der Waals surface area contributed by atoms with Crippen LogP contribution in [-0.4, -0.2) is 13.1 Å². The second kappa shape index (κ2) is 7.88. The number of carbonyl (C=O) groups is 1. The van der Waals surface area contributed by atoms with Crippen LogP contribution >= 0.6 is 11.6 Å². The number of amides is 2. The third-order valence-corrected chi connectivity index (χ3v) is 3.91. The molecule has 0 aliphatic carbocycles. The van der Waals surface area contributed by atoms with Crippen LogP contribution in [0.3, 0.4) is 0 Å². The highest BCUT2D eigenvalue weighted by molar-refractivity contribution is 6.33. The average Bonchev–Trinajstić information content (AvgIpc) is 2.56. The van der Waals surface area contributed by atoms with E-state index in [0.717, 1.165) is 23.3 Å². The maximum absolute atomic E-state index is 11.6. The van der Waals surface area contributed by atoms with Gasteiger partial charge in [-0.1, -0.05) is 42.8 Å². The van der Waals surface area contributed by atoms with E-state index in [0.29, 0.717) is 17.3 Å². The van der Waals surface area contributed by atoms with Crippen molar-refractivity contribution in [1.82, 2.24) is 5.32 Å². The fourth-order valence-corrected chi connectivity index (χ4v) is 2.50. The van der Waals surface area contributed by atoms with Crippen LogP contribution < -0.4 is 15.4 Å². The number of benzene rings is 2. The number of hydrogen-bond acceptors (Lipinski definition) is 2. The third-order valence-electron chi connectivity index (χ3n) is 3.60. The highest BCUT2D eigenvalue weighted by Gasteiger charge is 2.11. The molecule has 0 unspecified atom stereocenters. The zero-order valence-corrected chi connectivity index (χ0v) is 14.3. The summed E-state index contributed by atoms with van der Waals surface area (Å²) in [5.74, 6) is 0.827. The minimum atomic E-state index is -0.317. The maximum Gasteiger partial charge on any atom is 0.319 e. The van der Waals surface area contributed by atoms with Crippen LogP contribution in [0.2, 0.25) is 5.02 Å². The summed E-state index contributed by atoms with van der Waals surface area (Å²) >= 11 is 6.18. The second-order valence-electron chi connectivity index (χ2n) is 5.22. The fourth-order valence-electron chi connectivity index (χ4n) is 2.25. The SMILES string of the molecule is CCc1ccc(OCc2cccc(Cl)c2NC(=O)NC)c(C)c1. The Morgan fingerprint density at radius 1 is 1.26 bits per heavy atom. The molecule has 122 valence electrons. The van der Waals surface area contributed by atoms with E-state index in [2.05, 4.69) is 29.7 Å². The monoisotopic (exact) mass is 332 g/mol. The standard InChI is InChI=1S/C18H21ClN2O2/c1-4-13-8-9-16(12(2)10-13)23-11-14-6-5-7-15(19)17(14)21-18(22)20-3/h5-10H,4,11H2,1-3H3,(H2,20,21,22). The van der Waals surface area contributed by atoms with Gasteiger partial charge in [-0.3, -0.25) is 0 Å². The molecule has 0 aromatic heterocycles. The first-order valence-electron chi connectivity index (χ1n) is 7.53. The summed E-state index contributed by atoms with van der Waals surface area (Å²) in [6.07, 6.45) is 0.996. The van der Waals surface area contributed by atoms with Gasteiger partial charge in [0, 0.05) is 12.6 Å². The van der Waals surface area contributed by atoms with E-state index in [1.807, 2.05) is 25.1 Å². The number of hydrogen-bond donors (Lipinski definition) is 2. The van der Waals surface area contributed by atoms with Crippen LogP contribution in [0.15, 0.2) is 36.4 Å². The number of urea groups is 1. The fraction of sp³-hybridized carbons (Fsp3) is 0.278. The lowest BCUT2D eigenvalue weighted by molar-refractivity contribution is 0.254. The van der Waals surface area contributed by atoms with E-state index >= 15 is 0 Å². The Balaban J connectivity index is 2.17. The second-order valence-corrected chi connectivity index (χ2v) is 5.63. The number of anilines is 1. The smallest absolute Gasteiger partial charge is 0.319 e. The van der Waals surface area contributed by atoms with Crippen LogP contribution in [0.4, 0.5) is 10.5 Å². The molecular formula is C18H21ClN2O2. The molecule has 2 amide bonds. The molecule has 0 atom stereocenters. The first-order chi connectivity index (χ1) is 11.0. The summed E-state index contributed by atoms with van der Waals surface area (Å²) in [6.45, 7) is 4.47. The molecule has 0 heterocycles. The maximum atomic E-state index is 11.6. The minimum Gasteiger partial charge on any atom is -0.489 e. The zero-order chi connectivity index (χ0) is 16.8. The molecule has 0 spiro atoms. The van der Waals surface area contributed by atoms with Gasteiger partial charge >= 0.3 is 6.03 Å². The van der Waals surface area contributed by atoms with Crippen LogP contribution in [-0.2, 0) is 13.0 Å². The predicted molar refractivity (Wildman–Crippen MR) is 94.4 cm³/mol. The van der Waals surface area contributed by atoms with Gasteiger partial charge in [0.15, 0.2) is 0 Å². The van der Waals surface area contributed by atoms with Crippen molar-refractivity contribution in [3.63, 3.8) is 0 Å². The minimum absolute atomic E-state index is 0.317. The summed E-state index contributed by atoms with van der Waals surface area (Å²) < 4.78 is 5.90. The van der Waals surface area contributed by atoms with Gasteiger partial charge in [0.25, 0.3) is 0 Å². The topological polar surface area (TPSA) is 50.4 Å². The molecule has 0 fully saturated rings. The van der Waals surface area contributed by atoms with Gasteiger partial charge in [-0.2, -0.15) is 0 Å². The van der Waals surface area contributed by atoms with E-state index in [-0.39, 0.29) is 6.03 Å².